The molecule has 2 aromatic rings. The summed E-state index contributed by atoms with van der Waals surface area (Å²) in [4.78, 5) is 15.2. The number of aliphatic hydroxyl groups is 1. The average Bonchev–Trinajstić information content (AvgIpc) is 3.39. The van der Waals surface area contributed by atoms with E-state index >= 15 is 0 Å². The smallest absolute Gasteiger partial charge is 0.229 e. The molecule has 1 aromatic heterocycles. The lowest BCUT2D eigenvalue weighted by atomic mass is 9.75. The third kappa shape index (κ3) is 3.69. The first-order valence-electron chi connectivity index (χ1n) is 10.8. The number of benzene rings is 1. The fraction of sp³-hybridized carbons (Fsp3) is 0.591. The number of nitrogens with one attached hydrogen (secondary N) is 1. The van der Waals surface area contributed by atoms with Gasteiger partial charge in [-0.1, -0.05) is 36.3 Å². The standard InChI is InChI=1S/C22H29N5O2/c28-21(23-17-6-2-1-3-7-17)19-14-26-11-8-16(19)12-18(26)13-27-15-20(24-25-27)22(29)9-4-5-10-22/h1-3,6-7,15-16,18-19,29H,4-5,8-14H2,(H,23,28)/t16-,18+,19+/m0/s1. The van der Waals surface area contributed by atoms with Crippen molar-refractivity contribution in [2.24, 2.45) is 11.8 Å². The normalized spacial score (nSPS) is 30.4. The number of piperidine rings is 3. The van der Waals surface area contributed by atoms with E-state index in [-0.39, 0.29) is 11.8 Å². The second-order valence-electron chi connectivity index (χ2n) is 8.96. The second kappa shape index (κ2) is 7.54. The molecule has 29 heavy (non-hydrogen) atoms. The van der Waals surface area contributed by atoms with Crippen LogP contribution in [-0.2, 0) is 16.9 Å². The topological polar surface area (TPSA) is 83.3 Å². The average molecular weight is 396 g/mol. The predicted molar refractivity (Wildman–Crippen MR) is 109 cm³/mol. The Bertz CT molecular complexity index is 861. The van der Waals surface area contributed by atoms with Gasteiger partial charge in [-0.2, -0.15) is 0 Å². The summed E-state index contributed by atoms with van der Waals surface area (Å²) in [5.41, 5.74) is 0.793. The van der Waals surface area contributed by atoms with Crippen molar-refractivity contribution in [3.63, 3.8) is 0 Å². The van der Waals surface area contributed by atoms with Crippen molar-refractivity contribution >= 4 is 11.6 Å². The first kappa shape index (κ1) is 18.8. The van der Waals surface area contributed by atoms with Gasteiger partial charge in [0.05, 0.1) is 18.7 Å². The van der Waals surface area contributed by atoms with Crippen molar-refractivity contribution in [2.45, 2.75) is 56.7 Å². The predicted octanol–water partition coefficient (Wildman–Crippen LogP) is 2.39. The summed E-state index contributed by atoms with van der Waals surface area (Å²) >= 11 is 0. The van der Waals surface area contributed by atoms with E-state index in [1.165, 1.54) is 0 Å². The van der Waals surface area contributed by atoms with Crippen LogP contribution in [0.2, 0.25) is 0 Å². The molecule has 3 saturated heterocycles. The molecule has 7 nitrogen and oxygen atoms in total. The van der Waals surface area contributed by atoms with Gasteiger partial charge in [-0.3, -0.25) is 14.4 Å². The lowest BCUT2D eigenvalue weighted by molar-refractivity contribution is -0.127. The van der Waals surface area contributed by atoms with E-state index in [2.05, 4.69) is 20.5 Å². The molecule has 2 bridgehead atoms. The summed E-state index contributed by atoms with van der Waals surface area (Å²) in [5, 5.41) is 22.4. The molecule has 7 heteroatoms. The molecule has 4 aliphatic rings. The molecule has 4 fully saturated rings. The molecular formula is C22H29N5O2. The van der Waals surface area contributed by atoms with Gasteiger partial charge in [-0.15, -0.1) is 5.10 Å². The van der Waals surface area contributed by atoms with E-state index in [0.717, 1.165) is 63.8 Å². The van der Waals surface area contributed by atoms with Crippen molar-refractivity contribution in [3.05, 3.63) is 42.2 Å². The first-order chi connectivity index (χ1) is 14.1. The Morgan fingerprint density at radius 1 is 1.24 bits per heavy atom. The molecule has 1 aliphatic carbocycles. The molecule has 154 valence electrons. The van der Waals surface area contributed by atoms with Crippen molar-refractivity contribution in [3.8, 4) is 0 Å². The zero-order chi connectivity index (χ0) is 19.8. The largest absolute Gasteiger partial charge is 0.383 e. The molecule has 2 N–H and O–H groups in total. The summed E-state index contributed by atoms with van der Waals surface area (Å²) in [6.45, 7) is 2.61. The highest BCUT2D eigenvalue weighted by atomic mass is 16.3. The fourth-order valence-electron chi connectivity index (χ4n) is 5.41. The van der Waals surface area contributed by atoms with Gasteiger partial charge in [0.1, 0.15) is 11.3 Å². The Labute approximate surface area is 171 Å². The Morgan fingerprint density at radius 2 is 2.03 bits per heavy atom. The van der Waals surface area contributed by atoms with Gasteiger partial charge < -0.3 is 10.4 Å². The third-order valence-corrected chi connectivity index (χ3v) is 7.10. The zero-order valence-electron chi connectivity index (χ0n) is 16.7. The lowest BCUT2D eigenvalue weighted by Gasteiger charge is -2.49. The summed E-state index contributed by atoms with van der Waals surface area (Å²) in [6, 6.07) is 10.1. The van der Waals surface area contributed by atoms with Crippen LogP contribution in [0.5, 0.6) is 0 Å². The van der Waals surface area contributed by atoms with Crippen LogP contribution in [0.4, 0.5) is 5.69 Å². The van der Waals surface area contributed by atoms with E-state index in [0.29, 0.717) is 17.7 Å². The Balaban J connectivity index is 1.22. The molecule has 1 unspecified atom stereocenters. The van der Waals surface area contributed by atoms with Crippen molar-refractivity contribution in [2.75, 3.05) is 18.4 Å². The summed E-state index contributed by atoms with van der Waals surface area (Å²) < 4.78 is 1.88. The molecule has 1 saturated carbocycles. The molecule has 1 aromatic carbocycles. The number of para-hydroxylation sites is 1. The number of carbonyl (C=O) groups excluding carboxylic acids is 1. The van der Waals surface area contributed by atoms with Crippen LogP contribution in [0.1, 0.15) is 44.2 Å². The fourth-order valence-corrected chi connectivity index (χ4v) is 5.41. The van der Waals surface area contributed by atoms with Crippen LogP contribution in [0.15, 0.2) is 36.5 Å². The van der Waals surface area contributed by atoms with Gasteiger partial charge in [0.25, 0.3) is 0 Å². The minimum atomic E-state index is -0.787. The summed E-state index contributed by atoms with van der Waals surface area (Å²) in [5.74, 6) is 0.595. The number of rotatable bonds is 5. The number of hydrogen-bond acceptors (Lipinski definition) is 5. The lowest BCUT2D eigenvalue weighted by Crippen LogP contribution is -2.57. The minimum absolute atomic E-state index is 0.0470. The quantitative estimate of drug-likeness (QED) is 0.812. The first-order valence-corrected chi connectivity index (χ1v) is 10.8. The Kier molecular flexibility index (Phi) is 4.87. The molecule has 0 radical (unpaired) electrons. The third-order valence-electron chi connectivity index (χ3n) is 7.10. The van der Waals surface area contributed by atoms with Gasteiger partial charge in [0.15, 0.2) is 0 Å². The molecule has 4 atom stereocenters. The SMILES string of the molecule is O=C(Nc1ccccc1)[C@@H]1CN2CC[C@H]1C[C@@H]2Cn1cc(C2(O)CCCC2)nn1. The molecule has 3 aliphatic heterocycles. The van der Waals surface area contributed by atoms with Crippen LogP contribution in [0.3, 0.4) is 0 Å². The number of hydrogen-bond donors (Lipinski definition) is 2. The Morgan fingerprint density at radius 3 is 2.76 bits per heavy atom. The zero-order valence-corrected chi connectivity index (χ0v) is 16.7. The molecular weight excluding hydrogens is 366 g/mol. The van der Waals surface area contributed by atoms with Crippen molar-refractivity contribution < 1.29 is 9.90 Å². The van der Waals surface area contributed by atoms with Crippen LogP contribution < -0.4 is 5.32 Å². The Hall–Kier alpha value is -2.25. The second-order valence-corrected chi connectivity index (χ2v) is 8.96. The minimum Gasteiger partial charge on any atom is -0.383 e. The van der Waals surface area contributed by atoms with Crippen LogP contribution in [0, 0.1) is 11.8 Å². The van der Waals surface area contributed by atoms with E-state index < -0.39 is 5.60 Å². The maximum Gasteiger partial charge on any atom is 0.229 e. The maximum atomic E-state index is 12.8. The van der Waals surface area contributed by atoms with Crippen LogP contribution in [-0.4, -0.2) is 50.0 Å². The van der Waals surface area contributed by atoms with Crippen LogP contribution in [0.25, 0.3) is 0 Å². The number of carbonyl (C=O) groups is 1. The van der Waals surface area contributed by atoms with Gasteiger partial charge in [-0.05, 0) is 50.3 Å². The molecule has 4 heterocycles. The summed E-state index contributed by atoms with van der Waals surface area (Å²) in [7, 11) is 0. The van der Waals surface area contributed by atoms with E-state index in [9.17, 15) is 9.90 Å². The van der Waals surface area contributed by atoms with Crippen LogP contribution >= 0.6 is 0 Å². The van der Waals surface area contributed by atoms with Gasteiger partial charge in [-0.25, -0.2) is 0 Å². The molecule has 6 rings (SSSR count). The van der Waals surface area contributed by atoms with E-state index in [1.54, 1.807) is 0 Å². The number of anilines is 1. The maximum absolute atomic E-state index is 12.8. The highest BCUT2D eigenvalue weighted by molar-refractivity contribution is 5.93. The monoisotopic (exact) mass is 395 g/mol. The van der Waals surface area contributed by atoms with Gasteiger partial charge >= 0.3 is 0 Å². The van der Waals surface area contributed by atoms with Crippen molar-refractivity contribution in [1.29, 1.82) is 0 Å². The number of aromatic nitrogens is 3. The van der Waals surface area contributed by atoms with Gasteiger partial charge in [0, 0.05) is 18.3 Å². The van der Waals surface area contributed by atoms with Crippen molar-refractivity contribution in [1.82, 2.24) is 19.9 Å². The highest BCUT2D eigenvalue weighted by Gasteiger charge is 2.43. The highest BCUT2D eigenvalue weighted by Crippen LogP contribution is 2.39. The van der Waals surface area contributed by atoms with E-state index in [1.807, 2.05) is 41.2 Å². The van der Waals surface area contributed by atoms with Gasteiger partial charge in [0.2, 0.25) is 5.91 Å². The number of amides is 1. The number of nitrogens with zero attached hydrogens (tertiary/aromatic N) is 4. The molecule has 0 spiro atoms. The summed E-state index contributed by atoms with van der Waals surface area (Å²) in [6.07, 6.45) is 7.66. The molecule has 1 amide bonds. The number of fused-ring (bicyclic) bond motifs is 3. The van der Waals surface area contributed by atoms with E-state index in [4.69, 9.17) is 0 Å².